The molecule has 0 saturated heterocycles. The second kappa shape index (κ2) is 9.21. The number of halogens is 3. The Morgan fingerprint density at radius 3 is 2.21 bits per heavy atom. The maximum atomic E-state index is 12.5. The van der Waals surface area contributed by atoms with Crippen LogP contribution in [0, 0.1) is 17.2 Å². The van der Waals surface area contributed by atoms with Gasteiger partial charge in [-0.2, -0.15) is 18.4 Å². The highest BCUT2D eigenvalue weighted by molar-refractivity contribution is 5.96. The lowest BCUT2D eigenvalue weighted by atomic mass is 9.90. The van der Waals surface area contributed by atoms with Gasteiger partial charge in [0, 0.05) is 5.56 Å². The quantitative estimate of drug-likeness (QED) is 0.682. The molecule has 1 atom stereocenters. The molecule has 0 aliphatic rings. The van der Waals surface area contributed by atoms with Crippen molar-refractivity contribution < 1.29 is 32.3 Å². The van der Waals surface area contributed by atoms with Crippen molar-refractivity contribution in [3.8, 4) is 6.07 Å². The Balaban J connectivity index is 2.47. The molecule has 2 N–H and O–H groups in total. The summed E-state index contributed by atoms with van der Waals surface area (Å²) in [5.74, 6) is -2.55. The van der Waals surface area contributed by atoms with Gasteiger partial charge in [-0.3, -0.25) is 14.4 Å². The lowest BCUT2D eigenvalue weighted by Crippen LogP contribution is -2.50. The van der Waals surface area contributed by atoms with Crippen LogP contribution in [0.5, 0.6) is 0 Å². The summed E-state index contributed by atoms with van der Waals surface area (Å²) in [5, 5.41) is 13.7. The molecule has 152 valence electrons. The predicted octanol–water partition coefficient (Wildman–Crippen LogP) is 2.03. The van der Waals surface area contributed by atoms with E-state index in [9.17, 15) is 27.6 Å². The van der Waals surface area contributed by atoms with Crippen molar-refractivity contribution in [3.63, 3.8) is 0 Å². The van der Waals surface area contributed by atoms with Gasteiger partial charge in [-0.15, -0.1) is 0 Å². The number of ether oxygens (including phenoxy) is 1. The lowest BCUT2D eigenvalue weighted by Gasteiger charge is -2.27. The lowest BCUT2D eigenvalue weighted by molar-refractivity contribution is -0.148. The molecule has 0 bridgehead atoms. The number of amides is 2. The fraction of sp³-hybridized carbons (Fsp3) is 0.444. The molecule has 0 unspecified atom stereocenters. The first-order chi connectivity index (χ1) is 12.9. The molecule has 28 heavy (non-hydrogen) atoms. The van der Waals surface area contributed by atoms with Crippen molar-refractivity contribution in [2.24, 2.45) is 5.92 Å². The van der Waals surface area contributed by atoms with Crippen LogP contribution in [0.2, 0.25) is 0 Å². The number of hydrogen-bond acceptors (Lipinski definition) is 5. The molecule has 0 spiro atoms. The van der Waals surface area contributed by atoms with E-state index in [0.29, 0.717) is 0 Å². The van der Waals surface area contributed by atoms with Crippen LogP contribution in [0.15, 0.2) is 24.3 Å². The number of carbonyl (C=O) groups is 3. The number of nitriles is 1. The maximum absolute atomic E-state index is 12.5. The van der Waals surface area contributed by atoms with Crippen LogP contribution in [-0.2, 0) is 20.5 Å². The van der Waals surface area contributed by atoms with E-state index in [0.717, 1.165) is 24.3 Å². The van der Waals surface area contributed by atoms with Gasteiger partial charge < -0.3 is 15.4 Å². The summed E-state index contributed by atoms with van der Waals surface area (Å²) in [4.78, 5) is 35.2. The molecular formula is C18H20F3N3O4. The van der Waals surface area contributed by atoms with Gasteiger partial charge in [0.1, 0.15) is 12.1 Å². The summed E-state index contributed by atoms with van der Waals surface area (Å²) in [6.45, 7) is 3.80. The summed E-state index contributed by atoms with van der Waals surface area (Å²) in [6.07, 6.45) is -4.52. The van der Waals surface area contributed by atoms with Crippen molar-refractivity contribution in [2.45, 2.75) is 32.5 Å². The third kappa shape index (κ3) is 6.57. The highest BCUT2D eigenvalue weighted by Crippen LogP contribution is 2.29. The number of benzene rings is 1. The molecular weight excluding hydrogens is 379 g/mol. The Labute approximate surface area is 159 Å². The maximum Gasteiger partial charge on any atom is 0.416 e. The van der Waals surface area contributed by atoms with Gasteiger partial charge >= 0.3 is 12.1 Å². The third-order valence-corrected chi connectivity index (χ3v) is 4.02. The highest BCUT2D eigenvalue weighted by Gasteiger charge is 2.31. The van der Waals surface area contributed by atoms with E-state index in [4.69, 9.17) is 10.00 Å². The highest BCUT2D eigenvalue weighted by atomic mass is 19.4. The van der Waals surface area contributed by atoms with E-state index in [-0.39, 0.29) is 11.5 Å². The smallest absolute Gasteiger partial charge is 0.416 e. The molecule has 0 aromatic heterocycles. The number of hydrogen-bond donors (Lipinski definition) is 2. The molecule has 1 rings (SSSR count). The molecule has 0 radical (unpaired) electrons. The number of carbonyl (C=O) groups excluding carboxylic acids is 3. The van der Waals surface area contributed by atoms with E-state index >= 15 is 0 Å². The summed E-state index contributed by atoms with van der Waals surface area (Å²) < 4.78 is 42.1. The molecule has 0 saturated carbocycles. The molecule has 1 aromatic carbocycles. The standard InChI is InChI=1S/C18H20F3N3O4/c1-11(2)17(3,10-22)24-14(25)9-28-15(26)8-23-16(27)12-4-6-13(7-5-12)18(19,20)21/h4-7,11H,8-9H2,1-3H3,(H,23,27)(H,24,25)/t17-/m0/s1. The number of nitrogens with zero attached hydrogens (tertiary/aromatic N) is 1. The monoisotopic (exact) mass is 399 g/mol. The fourth-order valence-electron chi connectivity index (χ4n) is 1.89. The Hall–Kier alpha value is -3.09. The van der Waals surface area contributed by atoms with Gasteiger partial charge in [0.25, 0.3) is 11.8 Å². The first kappa shape index (κ1) is 23.0. The fourth-order valence-corrected chi connectivity index (χ4v) is 1.89. The van der Waals surface area contributed by atoms with Gasteiger partial charge in [0.15, 0.2) is 6.61 Å². The zero-order valence-corrected chi connectivity index (χ0v) is 15.5. The average Bonchev–Trinajstić information content (AvgIpc) is 2.63. The summed E-state index contributed by atoms with van der Waals surface area (Å²) in [6, 6.07) is 5.42. The minimum absolute atomic E-state index is 0.0692. The third-order valence-electron chi connectivity index (χ3n) is 4.02. The molecule has 0 heterocycles. The van der Waals surface area contributed by atoms with Crippen LogP contribution in [0.25, 0.3) is 0 Å². The van der Waals surface area contributed by atoms with Crippen LogP contribution in [0.4, 0.5) is 13.2 Å². The topological polar surface area (TPSA) is 108 Å². The van der Waals surface area contributed by atoms with Gasteiger partial charge in [0.2, 0.25) is 0 Å². The van der Waals surface area contributed by atoms with E-state index in [2.05, 4.69) is 10.6 Å². The molecule has 0 aliphatic heterocycles. The van der Waals surface area contributed by atoms with Crippen molar-refractivity contribution in [3.05, 3.63) is 35.4 Å². The average molecular weight is 399 g/mol. The second-order valence-electron chi connectivity index (χ2n) is 6.44. The van der Waals surface area contributed by atoms with Gasteiger partial charge in [-0.1, -0.05) is 13.8 Å². The Morgan fingerprint density at radius 2 is 1.75 bits per heavy atom. The molecule has 10 heteroatoms. The number of rotatable bonds is 7. The van der Waals surface area contributed by atoms with Crippen molar-refractivity contribution in [1.82, 2.24) is 10.6 Å². The van der Waals surface area contributed by atoms with Gasteiger partial charge in [-0.05, 0) is 37.1 Å². The van der Waals surface area contributed by atoms with Crippen molar-refractivity contribution in [1.29, 1.82) is 5.26 Å². The number of alkyl halides is 3. The van der Waals surface area contributed by atoms with Gasteiger partial charge in [-0.25, -0.2) is 0 Å². The summed E-state index contributed by atoms with van der Waals surface area (Å²) in [7, 11) is 0. The zero-order valence-electron chi connectivity index (χ0n) is 15.5. The Bertz CT molecular complexity index is 770. The van der Waals surface area contributed by atoms with Gasteiger partial charge in [0.05, 0.1) is 11.6 Å². The van der Waals surface area contributed by atoms with Crippen molar-refractivity contribution >= 4 is 17.8 Å². The first-order valence-electron chi connectivity index (χ1n) is 8.22. The summed E-state index contributed by atoms with van der Waals surface area (Å²) in [5.41, 5.74) is -2.10. The largest absolute Gasteiger partial charge is 0.454 e. The number of nitrogens with one attached hydrogen (secondary N) is 2. The van der Waals surface area contributed by atoms with Crippen LogP contribution >= 0.6 is 0 Å². The second-order valence-corrected chi connectivity index (χ2v) is 6.44. The Kier molecular flexibility index (Phi) is 7.55. The molecule has 2 amide bonds. The van der Waals surface area contributed by atoms with E-state index in [1.165, 1.54) is 6.92 Å². The molecule has 0 aliphatic carbocycles. The SMILES string of the molecule is CC(C)[C@](C)(C#N)NC(=O)COC(=O)CNC(=O)c1ccc(C(F)(F)F)cc1. The van der Waals surface area contributed by atoms with Crippen LogP contribution in [0.1, 0.15) is 36.7 Å². The van der Waals surface area contributed by atoms with Crippen LogP contribution in [-0.4, -0.2) is 36.5 Å². The van der Waals surface area contributed by atoms with Crippen LogP contribution in [0.3, 0.4) is 0 Å². The van der Waals surface area contributed by atoms with Crippen molar-refractivity contribution in [2.75, 3.05) is 13.2 Å². The molecule has 0 fully saturated rings. The zero-order chi connectivity index (χ0) is 21.5. The van der Waals surface area contributed by atoms with E-state index in [1.54, 1.807) is 13.8 Å². The molecule has 7 nitrogen and oxygen atoms in total. The molecule has 1 aromatic rings. The summed E-state index contributed by atoms with van der Waals surface area (Å²) >= 11 is 0. The normalized spacial score (nSPS) is 13.2. The predicted molar refractivity (Wildman–Crippen MR) is 91.7 cm³/mol. The Morgan fingerprint density at radius 1 is 1.18 bits per heavy atom. The minimum Gasteiger partial charge on any atom is -0.454 e. The first-order valence-corrected chi connectivity index (χ1v) is 8.22. The van der Waals surface area contributed by atoms with E-state index in [1.807, 2.05) is 6.07 Å². The number of esters is 1. The van der Waals surface area contributed by atoms with Crippen LogP contribution < -0.4 is 10.6 Å². The van der Waals surface area contributed by atoms with E-state index < -0.39 is 48.2 Å². The minimum atomic E-state index is -4.52.